The van der Waals surface area contributed by atoms with E-state index >= 15 is 0 Å². The Morgan fingerprint density at radius 1 is 0.970 bits per heavy atom. The highest BCUT2D eigenvalue weighted by Gasteiger charge is 2.28. The van der Waals surface area contributed by atoms with E-state index in [-0.39, 0.29) is 26.7 Å². The fraction of sp³-hybridized carbons (Fsp3) is 0.100. The van der Waals surface area contributed by atoms with Gasteiger partial charge < -0.3 is 20.3 Å². The Bertz CT molecular complexity index is 1250. The smallest absolute Gasteiger partial charge is 0.338 e. The van der Waals surface area contributed by atoms with E-state index in [4.69, 9.17) is 50.9 Å². The first-order chi connectivity index (χ1) is 15.6. The number of nitrogens with zero attached hydrogens (tertiary/aromatic N) is 1. The minimum atomic E-state index is -1.49. The fourth-order valence-electron chi connectivity index (χ4n) is 2.63. The maximum atomic E-state index is 12.8. The van der Waals surface area contributed by atoms with Crippen LogP contribution < -0.4 is 10.6 Å². The summed E-state index contributed by atoms with van der Waals surface area (Å²) in [5.41, 5.74) is -0.627. The van der Waals surface area contributed by atoms with Crippen LogP contribution in [0.3, 0.4) is 0 Å². The van der Waals surface area contributed by atoms with Gasteiger partial charge >= 0.3 is 5.97 Å². The van der Waals surface area contributed by atoms with Crippen LogP contribution in [0.5, 0.6) is 0 Å². The first kappa shape index (κ1) is 25.2. The molecule has 0 atom stereocenters. The largest absolute Gasteiger partial charge is 0.478 e. The number of hydrogen-bond acceptors (Lipinski definition) is 6. The Balaban J connectivity index is 1.68. The maximum Gasteiger partial charge on any atom is 0.338 e. The lowest BCUT2D eigenvalue weighted by molar-refractivity contribution is -0.113. The highest BCUT2D eigenvalue weighted by molar-refractivity contribution is 8.00. The summed E-state index contributed by atoms with van der Waals surface area (Å²) >= 11 is 25.2. The molecular weight excluding hydrogens is 536 g/mol. The van der Waals surface area contributed by atoms with Crippen molar-refractivity contribution >= 4 is 87.5 Å². The van der Waals surface area contributed by atoms with Crippen LogP contribution in [0.4, 0.5) is 11.5 Å². The standard InChI is InChI=1S/C20H13Cl4N3O5S/c1-8-6-11(27-32-8)26-12(28)7-33-10-4-2-9(3-5-10)25-19(29)13-14(20(30)31)16(22)18(24)17(23)15(13)21/h2-6H,7H2,1H3,(H,25,29)(H,30,31)(H,26,27,28). The number of aromatic carboxylic acids is 1. The van der Waals surface area contributed by atoms with Crippen molar-refractivity contribution in [2.24, 2.45) is 0 Å². The molecule has 0 aliphatic heterocycles. The van der Waals surface area contributed by atoms with E-state index in [1.165, 1.54) is 11.8 Å². The zero-order valence-corrected chi connectivity index (χ0v) is 20.4. The highest BCUT2D eigenvalue weighted by atomic mass is 35.5. The van der Waals surface area contributed by atoms with Gasteiger partial charge in [0.05, 0.1) is 37.0 Å². The van der Waals surface area contributed by atoms with Crippen molar-refractivity contribution in [1.29, 1.82) is 0 Å². The van der Waals surface area contributed by atoms with E-state index in [0.717, 1.165) is 4.90 Å². The monoisotopic (exact) mass is 547 g/mol. The second-order valence-corrected chi connectivity index (χ2v) is 9.01. The summed E-state index contributed by atoms with van der Waals surface area (Å²) in [6.07, 6.45) is 0. The van der Waals surface area contributed by atoms with Crippen molar-refractivity contribution in [2.45, 2.75) is 11.8 Å². The van der Waals surface area contributed by atoms with E-state index in [1.54, 1.807) is 37.3 Å². The number of nitrogens with one attached hydrogen (secondary N) is 2. The molecule has 0 bridgehead atoms. The number of carbonyl (C=O) groups is 3. The number of aromatic nitrogens is 1. The van der Waals surface area contributed by atoms with Crippen LogP contribution in [-0.2, 0) is 4.79 Å². The van der Waals surface area contributed by atoms with E-state index in [9.17, 15) is 19.5 Å². The molecule has 0 spiro atoms. The lowest BCUT2D eigenvalue weighted by Gasteiger charge is -2.14. The third-order valence-electron chi connectivity index (χ3n) is 4.09. The molecule has 0 aliphatic rings. The average Bonchev–Trinajstić information content (AvgIpc) is 3.18. The molecule has 33 heavy (non-hydrogen) atoms. The summed E-state index contributed by atoms with van der Waals surface area (Å²) in [7, 11) is 0. The summed E-state index contributed by atoms with van der Waals surface area (Å²) < 4.78 is 4.88. The third-order valence-corrected chi connectivity index (χ3v) is 6.90. The maximum absolute atomic E-state index is 12.8. The number of anilines is 2. The van der Waals surface area contributed by atoms with Crippen LogP contribution in [0.25, 0.3) is 0 Å². The minimum Gasteiger partial charge on any atom is -0.478 e. The predicted molar refractivity (Wildman–Crippen MR) is 128 cm³/mol. The number of carboxylic acids is 1. The molecular formula is C20H13Cl4N3O5S. The Morgan fingerprint density at radius 3 is 2.12 bits per heavy atom. The fourth-order valence-corrected chi connectivity index (χ4v) is 4.34. The Hall–Kier alpha value is -2.43. The third kappa shape index (κ3) is 5.93. The van der Waals surface area contributed by atoms with Crippen molar-refractivity contribution in [2.75, 3.05) is 16.4 Å². The molecule has 0 radical (unpaired) electrons. The molecule has 8 nitrogen and oxygen atoms in total. The number of thioether (sulfide) groups is 1. The second-order valence-electron chi connectivity index (χ2n) is 6.45. The van der Waals surface area contributed by atoms with Gasteiger partial charge in [0.25, 0.3) is 5.91 Å². The van der Waals surface area contributed by atoms with Gasteiger partial charge in [-0.15, -0.1) is 11.8 Å². The zero-order chi connectivity index (χ0) is 24.3. The molecule has 172 valence electrons. The van der Waals surface area contributed by atoms with E-state index in [1.807, 2.05) is 0 Å². The quantitative estimate of drug-likeness (QED) is 0.180. The van der Waals surface area contributed by atoms with Crippen LogP contribution in [0, 0.1) is 6.92 Å². The molecule has 1 aromatic heterocycles. The normalized spacial score (nSPS) is 10.7. The first-order valence-corrected chi connectivity index (χ1v) is 11.4. The van der Waals surface area contributed by atoms with Crippen LogP contribution in [0.1, 0.15) is 26.5 Å². The summed E-state index contributed by atoms with van der Waals surface area (Å²) in [6, 6.07) is 8.10. The molecule has 3 aromatic rings. The lowest BCUT2D eigenvalue weighted by Crippen LogP contribution is -2.18. The van der Waals surface area contributed by atoms with Crippen LogP contribution in [0.15, 0.2) is 39.8 Å². The van der Waals surface area contributed by atoms with Gasteiger partial charge in [0.15, 0.2) is 5.82 Å². The number of amides is 2. The molecule has 0 saturated carbocycles. The minimum absolute atomic E-state index is 0.122. The van der Waals surface area contributed by atoms with Gasteiger partial charge in [0, 0.05) is 16.6 Å². The van der Waals surface area contributed by atoms with E-state index < -0.39 is 28.0 Å². The molecule has 1 heterocycles. The number of aryl methyl sites for hydroxylation is 1. The average molecular weight is 549 g/mol. The zero-order valence-electron chi connectivity index (χ0n) is 16.5. The summed E-state index contributed by atoms with van der Waals surface area (Å²) in [4.78, 5) is 37.1. The van der Waals surface area contributed by atoms with Crippen LogP contribution in [0.2, 0.25) is 20.1 Å². The number of benzene rings is 2. The molecule has 3 rings (SSSR count). The molecule has 2 amide bonds. The Morgan fingerprint density at radius 2 is 1.58 bits per heavy atom. The van der Waals surface area contributed by atoms with Gasteiger partial charge in [-0.05, 0) is 31.2 Å². The number of halogens is 4. The Kier molecular flexibility index (Phi) is 8.14. The molecule has 13 heteroatoms. The number of carboxylic acid groups (broad SMARTS) is 1. The van der Waals surface area contributed by atoms with Gasteiger partial charge in [-0.25, -0.2) is 4.79 Å². The molecule has 2 aromatic carbocycles. The predicted octanol–water partition coefficient (Wildman–Crippen LogP) is 6.28. The van der Waals surface area contributed by atoms with Gasteiger partial charge in [-0.2, -0.15) is 0 Å². The van der Waals surface area contributed by atoms with Gasteiger partial charge in [-0.1, -0.05) is 51.6 Å². The van der Waals surface area contributed by atoms with Crippen molar-refractivity contribution in [3.63, 3.8) is 0 Å². The Labute approximate surface area is 211 Å². The molecule has 0 saturated heterocycles. The van der Waals surface area contributed by atoms with Crippen molar-refractivity contribution in [3.05, 3.63) is 67.3 Å². The van der Waals surface area contributed by atoms with E-state index in [0.29, 0.717) is 17.3 Å². The molecule has 0 fully saturated rings. The molecule has 0 unspecified atom stereocenters. The summed E-state index contributed by atoms with van der Waals surface area (Å²) in [6.45, 7) is 1.71. The number of hydrogen-bond donors (Lipinski definition) is 3. The number of carbonyl (C=O) groups excluding carboxylic acids is 2. The highest BCUT2D eigenvalue weighted by Crippen LogP contribution is 2.41. The van der Waals surface area contributed by atoms with Gasteiger partial charge in [0.1, 0.15) is 5.76 Å². The first-order valence-electron chi connectivity index (χ1n) is 8.95. The topological polar surface area (TPSA) is 122 Å². The number of rotatable bonds is 7. The van der Waals surface area contributed by atoms with Crippen LogP contribution >= 0.6 is 58.2 Å². The SMILES string of the molecule is Cc1cc(NC(=O)CSc2ccc(NC(=O)c3c(Cl)c(Cl)c(Cl)c(Cl)c3C(=O)O)cc2)no1. The van der Waals surface area contributed by atoms with Gasteiger partial charge in [-0.3, -0.25) is 9.59 Å². The van der Waals surface area contributed by atoms with Crippen molar-refractivity contribution in [1.82, 2.24) is 5.16 Å². The van der Waals surface area contributed by atoms with E-state index in [2.05, 4.69) is 15.8 Å². The lowest BCUT2D eigenvalue weighted by atomic mass is 10.1. The van der Waals surface area contributed by atoms with Gasteiger partial charge in [0.2, 0.25) is 5.91 Å². The second kappa shape index (κ2) is 10.7. The van der Waals surface area contributed by atoms with Crippen molar-refractivity contribution < 1.29 is 24.0 Å². The molecule has 3 N–H and O–H groups in total. The summed E-state index contributed by atoms with van der Waals surface area (Å²) in [5, 5.41) is 17.1. The van der Waals surface area contributed by atoms with Crippen molar-refractivity contribution in [3.8, 4) is 0 Å². The summed E-state index contributed by atoms with van der Waals surface area (Å²) in [5.74, 6) is -1.56. The van der Waals surface area contributed by atoms with Crippen LogP contribution in [-0.4, -0.2) is 33.8 Å². The molecule has 0 aliphatic carbocycles.